The zero-order valence-corrected chi connectivity index (χ0v) is 25.4. The number of nitrogens with zero attached hydrogens (tertiary/aromatic N) is 2. The predicted octanol–water partition coefficient (Wildman–Crippen LogP) is 5.74. The van der Waals surface area contributed by atoms with Crippen LogP contribution in [0.3, 0.4) is 0 Å². The molecule has 0 N–H and O–H groups in total. The van der Waals surface area contributed by atoms with Crippen molar-refractivity contribution in [3.8, 4) is 11.5 Å². The average Bonchev–Trinajstić information content (AvgIpc) is 3.26. The van der Waals surface area contributed by atoms with Crippen molar-refractivity contribution in [3.63, 3.8) is 0 Å². The van der Waals surface area contributed by atoms with E-state index in [1.54, 1.807) is 18.4 Å². The topological polar surface area (TPSA) is 79.1 Å². The molecule has 9 heteroatoms. The zero-order valence-electron chi connectivity index (χ0n) is 23.8. The first-order chi connectivity index (χ1) is 20.3. The van der Waals surface area contributed by atoms with Gasteiger partial charge in [-0.3, -0.25) is 9.36 Å². The van der Waals surface area contributed by atoms with Crippen molar-refractivity contribution in [2.75, 3.05) is 13.2 Å². The number of allylic oxidation sites excluding steroid dienone is 1. The van der Waals surface area contributed by atoms with Crippen molar-refractivity contribution in [2.24, 2.45) is 4.99 Å². The van der Waals surface area contributed by atoms with Crippen molar-refractivity contribution in [3.05, 3.63) is 125 Å². The number of benzene rings is 3. The highest BCUT2D eigenvalue weighted by Gasteiger charge is 2.33. The van der Waals surface area contributed by atoms with E-state index < -0.39 is 12.0 Å². The molecule has 3 aromatic carbocycles. The predicted molar refractivity (Wildman–Crippen MR) is 165 cm³/mol. The summed E-state index contributed by atoms with van der Waals surface area (Å²) in [7, 11) is 0. The first-order valence-electron chi connectivity index (χ1n) is 13.7. The van der Waals surface area contributed by atoms with Gasteiger partial charge in [0.1, 0.15) is 6.61 Å². The number of aromatic nitrogens is 1. The average molecular weight is 603 g/mol. The summed E-state index contributed by atoms with van der Waals surface area (Å²) in [5.74, 6) is 0.678. The Balaban J connectivity index is 1.55. The Bertz CT molecular complexity index is 1840. The number of halogens is 1. The van der Waals surface area contributed by atoms with Crippen LogP contribution in [0.15, 0.2) is 87.8 Å². The van der Waals surface area contributed by atoms with Gasteiger partial charge in [-0.15, -0.1) is 0 Å². The van der Waals surface area contributed by atoms with Crippen LogP contribution in [0.2, 0.25) is 5.02 Å². The third-order valence-electron chi connectivity index (χ3n) is 6.76. The highest BCUT2D eigenvalue weighted by Crippen LogP contribution is 2.32. The molecule has 42 heavy (non-hydrogen) atoms. The molecule has 0 radical (unpaired) electrons. The molecule has 0 spiro atoms. The molecule has 0 saturated carbocycles. The molecular weight excluding hydrogens is 572 g/mol. The molecule has 0 unspecified atom stereocenters. The second-order valence-corrected chi connectivity index (χ2v) is 11.2. The van der Waals surface area contributed by atoms with Gasteiger partial charge in [0, 0.05) is 5.02 Å². The molecule has 0 saturated heterocycles. The van der Waals surface area contributed by atoms with Crippen molar-refractivity contribution in [1.82, 2.24) is 4.57 Å². The largest absolute Gasteiger partial charge is 0.490 e. The molecular formula is C33H31ClN2O5S. The van der Waals surface area contributed by atoms with Gasteiger partial charge in [0.25, 0.3) is 5.56 Å². The summed E-state index contributed by atoms with van der Waals surface area (Å²) in [6, 6.07) is 20.2. The van der Waals surface area contributed by atoms with E-state index in [4.69, 9.17) is 25.8 Å². The summed E-state index contributed by atoms with van der Waals surface area (Å²) in [5, 5.41) is 0.645. The first-order valence-corrected chi connectivity index (χ1v) is 14.9. The Morgan fingerprint density at radius 1 is 1.00 bits per heavy atom. The molecule has 0 fully saturated rings. The van der Waals surface area contributed by atoms with Gasteiger partial charge in [-0.25, -0.2) is 9.79 Å². The van der Waals surface area contributed by atoms with Gasteiger partial charge < -0.3 is 14.2 Å². The van der Waals surface area contributed by atoms with Gasteiger partial charge in [-0.05, 0) is 74.7 Å². The normalized spacial score (nSPS) is 14.8. The van der Waals surface area contributed by atoms with Crippen LogP contribution in [0, 0.1) is 6.92 Å². The molecule has 1 atom stereocenters. The zero-order chi connectivity index (χ0) is 29.8. The Kier molecular flexibility index (Phi) is 8.94. The van der Waals surface area contributed by atoms with Gasteiger partial charge >= 0.3 is 5.97 Å². The fourth-order valence-electron chi connectivity index (χ4n) is 4.80. The monoisotopic (exact) mass is 602 g/mol. The second kappa shape index (κ2) is 12.8. The molecule has 5 rings (SSSR count). The summed E-state index contributed by atoms with van der Waals surface area (Å²) in [6.45, 7) is 8.44. The van der Waals surface area contributed by atoms with E-state index >= 15 is 0 Å². The second-order valence-electron chi connectivity index (χ2n) is 9.77. The molecule has 0 amide bonds. The van der Waals surface area contributed by atoms with Crippen LogP contribution in [0.5, 0.6) is 11.5 Å². The quantitative estimate of drug-likeness (QED) is 0.228. The summed E-state index contributed by atoms with van der Waals surface area (Å²) in [5.41, 5.74) is 4.26. The van der Waals surface area contributed by atoms with Crippen molar-refractivity contribution < 1.29 is 19.0 Å². The number of esters is 1. The van der Waals surface area contributed by atoms with E-state index in [-0.39, 0.29) is 12.2 Å². The van der Waals surface area contributed by atoms with E-state index in [0.717, 1.165) is 22.3 Å². The maximum Gasteiger partial charge on any atom is 0.338 e. The summed E-state index contributed by atoms with van der Waals surface area (Å²) < 4.78 is 19.4. The molecule has 0 bridgehead atoms. The van der Waals surface area contributed by atoms with E-state index in [1.807, 2.05) is 86.7 Å². The number of thiazole rings is 1. The smallest absolute Gasteiger partial charge is 0.338 e. The number of ether oxygens (including phenoxy) is 3. The Morgan fingerprint density at radius 3 is 2.50 bits per heavy atom. The van der Waals surface area contributed by atoms with Gasteiger partial charge in [0.05, 0.1) is 35.1 Å². The molecule has 7 nitrogen and oxygen atoms in total. The van der Waals surface area contributed by atoms with Crippen LogP contribution in [0.25, 0.3) is 6.08 Å². The van der Waals surface area contributed by atoms with Gasteiger partial charge in [0.2, 0.25) is 0 Å². The van der Waals surface area contributed by atoms with Crippen LogP contribution in [-0.4, -0.2) is 23.8 Å². The summed E-state index contributed by atoms with van der Waals surface area (Å²) in [6.07, 6.45) is 1.81. The van der Waals surface area contributed by atoms with Crippen molar-refractivity contribution >= 4 is 35.0 Å². The van der Waals surface area contributed by atoms with E-state index in [9.17, 15) is 9.59 Å². The molecule has 216 valence electrons. The van der Waals surface area contributed by atoms with Crippen molar-refractivity contribution in [2.45, 2.75) is 40.3 Å². The first kappa shape index (κ1) is 29.4. The van der Waals surface area contributed by atoms with E-state index in [1.165, 1.54) is 11.3 Å². The van der Waals surface area contributed by atoms with Gasteiger partial charge in [0.15, 0.2) is 16.3 Å². The maximum absolute atomic E-state index is 13.9. The molecule has 4 aromatic rings. The van der Waals surface area contributed by atoms with Crippen molar-refractivity contribution in [1.29, 1.82) is 0 Å². The van der Waals surface area contributed by atoms with Crippen LogP contribution in [-0.2, 0) is 16.1 Å². The van der Waals surface area contributed by atoms with E-state index in [0.29, 0.717) is 50.3 Å². The highest BCUT2D eigenvalue weighted by atomic mass is 35.5. The fourth-order valence-corrected chi connectivity index (χ4v) is 6.06. The number of fused-ring (bicyclic) bond motifs is 1. The van der Waals surface area contributed by atoms with Crippen LogP contribution < -0.4 is 24.4 Å². The van der Waals surface area contributed by atoms with Crippen LogP contribution in [0.1, 0.15) is 49.1 Å². The Morgan fingerprint density at radius 2 is 1.79 bits per heavy atom. The lowest BCUT2D eigenvalue weighted by molar-refractivity contribution is -0.139. The number of carbonyl (C=O) groups is 1. The standard InChI is InChI=1S/C33H31ClN2O5S/c1-5-39-27-17-22(12-15-26(27)41-19-23-8-7-9-25(34)16-23)18-28-31(37)36-30(24-13-10-20(3)11-14-24)29(32(38)40-6-2)21(4)35-33(36)42-28/h7-18,30H,5-6,19H2,1-4H3/b28-18-/t30-/m0/s1. The highest BCUT2D eigenvalue weighted by molar-refractivity contribution is 7.07. The molecule has 1 aliphatic rings. The summed E-state index contributed by atoms with van der Waals surface area (Å²) in [4.78, 5) is 32.2. The SMILES string of the molecule is CCOC(=O)C1=C(C)N=c2s/c(=C\c3ccc(OCc4cccc(Cl)c4)c(OCC)c3)c(=O)n2[C@H]1c1ccc(C)cc1. The van der Waals surface area contributed by atoms with Gasteiger partial charge in [-0.2, -0.15) is 0 Å². The minimum atomic E-state index is -0.649. The molecule has 0 aliphatic carbocycles. The van der Waals surface area contributed by atoms with Crippen LogP contribution >= 0.6 is 22.9 Å². The lowest BCUT2D eigenvalue weighted by atomic mass is 9.95. The number of hydrogen-bond donors (Lipinski definition) is 0. The Hall–Kier alpha value is -4.14. The number of carbonyl (C=O) groups excluding carboxylic acids is 1. The summed E-state index contributed by atoms with van der Waals surface area (Å²) >= 11 is 7.39. The lowest BCUT2D eigenvalue weighted by Gasteiger charge is -2.24. The minimum Gasteiger partial charge on any atom is -0.490 e. The third-order valence-corrected chi connectivity index (χ3v) is 7.98. The van der Waals surface area contributed by atoms with E-state index in [2.05, 4.69) is 4.99 Å². The third kappa shape index (κ3) is 6.20. The van der Waals surface area contributed by atoms with Crippen LogP contribution in [0.4, 0.5) is 0 Å². The Labute approximate surface area is 253 Å². The minimum absolute atomic E-state index is 0.224. The maximum atomic E-state index is 13.9. The number of aryl methyl sites for hydroxylation is 1. The molecule has 1 aliphatic heterocycles. The van der Waals surface area contributed by atoms with Gasteiger partial charge in [-0.1, -0.05) is 71.0 Å². The lowest BCUT2D eigenvalue weighted by Crippen LogP contribution is -2.39. The molecule has 1 aromatic heterocycles. The number of hydrogen-bond acceptors (Lipinski definition) is 7. The molecule has 2 heterocycles. The number of rotatable bonds is 9. The fraction of sp³-hybridized carbons (Fsp3) is 0.242.